The highest BCUT2D eigenvalue weighted by molar-refractivity contribution is 5.75. The quantitative estimate of drug-likeness (QED) is 0.515. The van der Waals surface area contributed by atoms with Crippen molar-refractivity contribution >= 4 is 5.97 Å². The fourth-order valence-electron chi connectivity index (χ4n) is 1.11. The molecule has 0 spiro atoms. The topological polar surface area (TPSA) is 39.2 Å². The van der Waals surface area contributed by atoms with Crippen LogP contribution in [0.15, 0.2) is 18.5 Å². The third kappa shape index (κ3) is 1.09. The highest BCUT2D eigenvalue weighted by Gasteiger charge is 2.15. The number of carbonyl (C=O) groups excluding carboxylic acids is 1. The zero-order valence-electron chi connectivity index (χ0n) is 5.91. The van der Waals surface area contributed by atoms with Gasteiger partial charge < -0.3 is 4.74 Å². The molecular weight excluding hydrogens is 142 g/mol. The van der Waals surface area contributed by atoms with E-state index in [9.17, 15) is 4.79 Å². The van der Waals surface area contributed by atoms with Crippen LogP contribution < -0.4 is 4.74 Å². The molecule has 0 saturated heterocycles. The van der Waals surface area contributed by atoms with Crippen molar-refractivity contribution in [2.75, 3.05) is 0 Å². The number of fused-ring (bicyclic) bond motifs is 1. The molecule has 0 unspecified atom stereocenters. The third-order valence-electron chi connectivity index (χ3n) is 1.68. The van der Waals surface area contributed by atoms with Crippen LogP contribution in [-0.4, -0.2) is 11.0 Å². The van der Waals surface area contributed by atoms with Gasteiger partial charge in [-0.3, -0.25) is 9.78 Å². The Morgan fingerprint density at radius 3 is 3.27 bits per heavy atom. The van der Waals surface area contributed by atoms with Crippen LogP contribution in [0, 0.1) is 0 Å². The highest BCUT2D eigenvalue weighted by Crippen LogP contribution is 2.22. The third-order valence-corrected chi connectivity index (χ3v) is 1.68. The Bertz CT molecular complexity index is 296. The summed E-state index contributed by atoms with van der Waals surface area (Å²) < 4.78 is 4.95. The van der Waals surface area contributed by atoms with Gasteiger partial charge in [-0.25, -0.2) is 0 Å². The van der Waals surface area contributed by atoms with E-state index >= 15 is 0 Å². The molecule has 1 aromatic heterocycles. The Morgan fingerprint density at radius 2 is 2.36 bits per heavy atom. The van der Waals surface area contributed by atoms with Crippen molar-refractivity contribution in [2.24, 2.45) is 0 Å². The summed E-state index contributed by atoms with van der Waals surface area (Å²) in [6.07, 6.45) is 4.58. The van der Waals surface area contributed by atoms with Crippen LogP contribution in [0.4, 0.5) is 0 Å². The number of aryl methyl sites for hydroxylation is 1. The number of hydrogen-bond donors (Lipinski definition) is 0. The van der Waals surface area contributed by atoms with E-state index in [0.29, 0.717) is 12.2 Å². The molecule has 2 rings (SSSR count). The molecule has 0 saturated carbocycles. The van der Waals surface area contributed by atoms with Crippen LogP contribution in [-0.2, 0) is 11.2 Å². The molecule has 11 heavy (non-hydrogen) atoms. The van der Waals surface area contributed by atoms with E-state index in [-0.39, 0.29) is 5.97 Å². The van der Waals surface area contributed by atoms with Gasteiger partial charge in [0.25, 0.3) is 0 Å². The zero-order chi connectivity index (χ0) is 7.68. The minimum atomic E-state index is -0.149. The smallest absolute Gasteiger partial charge is 0.311 e. The van der Waals surface area contributed by atoms with Crippen LogP contribution in [0.3, 0.4) is 0 Å². The second kappa shape index (κ2) is 2.34. The number of pyridine rings is 1. The first-order chi connectivity index (χ1) is 5.36. The molecule has 0 N–H and O–H groups in total. The second-order valence-electron chi connectivity index (χ2n) is 2.46. The van der Waals surface area contributed by atoms with Gasteiger partial charge in [-0.2, -0.15) is 0 Å². The van der Waals surface area contributed by atoms with E-state index in [1.54, 1.807) is 18.5 Å². The van der Waals surface area contributed by atoms with E-state index < -0.39 is 0 Å². The number of carbonyl (C=O) groups is 1. The maximum absolute atomic E-state index is 10.8. The molecule has 0 aliphatic carbocycles. The minimum absolute atomic E-state index is 0.149. The monoisotopic (exact) mass is 149 g/mol. The van der Waals surface area contributed by atoms with E-state index in [1.807, 2.05) is 0 Å². The van der Waals surface area contributed by atoms with Crippen molar-refractivity contribution in [3.63, 3.8) is 0 Å². The van der Waals surface area contributed by atoms with Crippen molar-refractivity contribution < 1.29 is 9.53 Å². The molecule has 1 aliphatic rings. The van der Waals surface area contributed by atoms with E-state index in [2.05, 4.69) is 4.98 Å². The predicted octanol–water partition coefficient (Wildman–Crippen LogP) is 0.933. The number of rotatable bonds is 0. The summed E-state index contributed by atoms with van der Waals surface area (Å²) in [4.78, 5) is 14.7. The van der Waals surface area contributed by atoms with Gasteiger partial charge in [0.15, 0.2) is 0 Å². The molecular formula is C8H7NO2. The summed E-state index contributed by atoms with van der Waals surface area (Å²) >= 11 is 0. The molecule has 0 aromatic carbocycles. The van der Waals surface area contributed by atoms with Gasteiger partial charge in [-0.05, 0) is 12.5 Å². The van der Waals surface area contributed by atoms with Crippen LogP contribution in [0.25, 0.3) is 0 Å². The van der Waals surface area contributed by atoms with Crippen molar-refractivity contribution in [1.82, 2.24) is 4.98 Å². The highest BCUT2D eigenvalue weighted by atomic mass is 16.5. The molecule has 2 heterocycles. The van der Waals surface area contributed by atoms with E-state index in [1.165, 1.54) is 0 Å². The summed E-state index contributed by atoms with van der Waals surface area (Å²) in [5, 5.41) is 0. The first-order valence-electron chi connectivity index (χ1n) is 3.50. The number of hydrogen-bond acceptors (Lipinski definition) is 3. The fourth-order valence-corrected chi connectivity index (χ4v) is 1.11. The van der Waals surface area contributed by atoms with Crippen molar-refractivity contribution in [3.8, 4) is 5.75 Å². The summed E-state index contributed by atoms with van der Waals surface area (Å²) in [6.45, 7) is 0. The van der Waals surface area contributed by atoms with Crippen LogP contribution in [0.2, 0.25) is 0 Å². The predicted molar refractivity (Wildman–Crippen MR) is 38.2 cm³/mol. The van der Waals surface area contributed by atoms with Gasteiger partial charge in [0, 0.05) is 18.0 Å². The standard InChI is InChI=1S/C8H7NO2/c10-8-2-1-6-5-9-4-3-7(6)11-8/h3-5H,1-2H2. The Kier molecular flexibility index (Phi) is 1.35. The average molecular weight is 149 g/mol. The lowest BCUT2D eigenvalue weighted by Crippen LogP contribution is -2.15. The Balaban J connectivity index is 2.41. The Morgan fingerprint density at radius 1 is 1.45 bits per heavy atom. The summed E-state index contributed by atoms with van der Waals surface area (Å²) in [5.74, 6) is 0.514. The number of esters is 1. The lowest BCUT2D eigenvalue weighted by molar-refractivity contribution is -0.135. The maximum atomic E-state index is 10.8. The van der Waals surface area contributed by atoms with Gasteiger partial charge in [0.1, 0.15) is 5.75 Å². The van der Waals surface area contributed by atoms with Gasteiger partial charge in [-0.15, -0.1) is 0 Å². The number of aromatic nitrogens is 1. The minimum Gasteiger partial charge on any atom is -0.426 e. The first kappa shape index (κ1) is 6.34. The van der Waals surface area contributed by atoms with Gasteiger partial charge in [0.05, 0.1) is 6.42 Å². The van der Waals surface area contributed by atoms with Crippen LogP contribution in [0.1, 0.15) is 12.0 Å². The van der Waals surface area contributed by atoms with Gasteiger partial charge >= 0.3 is 5.97 Å². The number of ether oxygens (including phenoxy) is 1. The molecule has 1 aromatic rings. The van der Waals surface area contributed by atoms with Gasteiger partial charge in [0.2, 0.25) is 0 Å². The molecule has 3 heteroatoms. The largest absolute Gasteiger partial charge is 0.426 e. The molecule has 1 aliphatic heterocycles. The first-order valence-corrected chi connectivity index (χ1v) is 3.50. The molecule has 0 fully saturated rings. The maximum Gasteiger partial charge on any atom is 0.311 e. The molecule has 56 valence electrons. The van der Waals surface area contributed by atoms with Crippen LogP contribution >= 0.6 is 0 Å². The lowest BCUT2D eigenvalue weighted by Gasteiger charge is -2.13. The second-order valence-corrected chi connectivity index (χ2v) is 2.46. The normalized spacial score (nSPS) is 15.5. The summed E-state index contributed by atoms with van der Waals surface area (Å²) in [7, 11) is 0. The Hall–Kier alpha value is -1.38. The Labute approximate surface area is 64.0 Å². The SMILES string of the molecule is O=C1CCc2cnccc2O1. The number of nitrogens with zero attached hydrogens (tertiary/aromatic N) is 1. The summed E-state index contributed by atoms with van der Waals surface area (Å²) in [6, 6.07) is 1.71. The fraction of sp³-hybridized carbons (Fsp3) is 0.250. The van der Waals surface area contributed by atoms with E-state index in [4.69, 9.17) is 4.74 Å². The van der Waals surface area contributed by atoms with Crippen molar-refractivity contribution in [2.45, 2.75) is 12.8 Å². The molecule has 0 atom stereocenters. The van der Waals surface area contributed by atoms with Gasteiger partial charge in [-0.1, -0.05) is 0 Å². The van der Waals surface area contributed by atoms with E-state index in [0.717, 1.165) is 12.0 Å². The summed E-state index contributed by atoms with van der Waals surface area (Å²) in [5.41, 5.74) is 1.02. The van der Waals surface area contributed by atoms with Crippen molar-refractivity contribution in [3.05, 3.63) is 24.0 Å². The van der Waals surface area contributed by atoms with Crippen LogP contribution in [0.5, 0.6) is 5.75 Å². The average Bonchev–Trinajstić information content (AvgIpc) is 2.04. The van der Waals surface area contributed by atoms with Crippen molar-refractivity contribution in [1.29, 1.82) is 0 Å². The molecule has 0 radical (unpaired) electrons. The lowest BCUT2D eigenvalue weighted by atomic mass is 10.1. The molecule has 0 amide bonds. The zero-order valence-corrected chi connectivity index (χ0v) is 5.91. The molecule has 3 nitrogen and oxygen atoms in total. The molecule has 0 bridgehead atoms.